The van der Waals surface area contributed by atoms with Gasteiger partial charge in [0.1, 0.15) is 16.8 Å². The Hall–Kier alpha value is -3.67. The first-order valence-electron chi connectivity index (χ1n) is 9.92. The van der Waals surface area contributed by atoms with Crippen molar-refractivity contribution in [2.75, 3.05) is 12.4 Å². The highest BCUT2D eigenvalue weighted by molar-refractivity contribution is 6.07. The molecule has 1 heterocycles. The van der Waals surface area contributed by atoms with Crippen LogP contribution < -0.4 is 10.1 Å². The average Bonchev–Trinajstić information content (AvgIpc) is 3.16. The third kappa shape index (κ3) is 3.64. The number of ether oxygens (including phenoxy) is 1. The summed E-state index contributed by atoms with van der Waals surface area (Å²) >= 11 is 0. The summed E-state index contributed by atoms with van der Waals surface area (Å²) in [6, 6.07) is 17.5. The topological polar surface area (TPSA) is 69.0 Å². The molecule has 4 aromatic rings. The molecule has 152 valence electrons. The van der Waals surface area contributed by atoms with Crippen LogP contribution in [0.25, 0.3) is 16.7 Å². The van der Waals surface area contributed by atoms with E-state index in [-0.39, 0.29) is 5.91 Å². The van der Waals surface area contributed by atoms with E-state index in [4.69, 9.17) is 4.74 Å². The number of nitrogens with one attached hydrogen (secondary N) is 1. The van der Waals surface area contributed by atoms with Gasteiger partial charge in [-0.05, 0) is 67.3 Å². The fourth-order valence-corrected chi connectivity index (χ4v) is 3.47. The highest BCUT2D eigenvalue weighted by Crippen LogP contribution is 2.26. The van der Waals surface area contributed by atoms with Crippen molar-refractivity contribution >= 4 is 22.6 Å². The van der Waals surface area contributed by atoms with E-state index in [0.717, 1.165) is 28.8 Å². The van der Waals surface area contributed by atoms with E-state index >= 15 is 0 Å². The molecule has 0 spiro atoms. The molecule has 0 unspecified atom stereocenters. The second-order valence-corrected chi connectivity index (χ2v) is 7.28. The number of methoxy groups -OCH3 is 1. The molecule has 3 aromatic carbocycles. The SMILES string of the molecule is CCc1ccc(-n2nc3cc(C)c(NC(=O)c4cccc(C)c4OC)cc3n2)cc1. The van der Waals surface area contributed by atoms with Crippen LogP contribution in [0, 0.1) is 13.8 Å². The molecule has 4 rings (SSSR count). The number of carbonyl (C=O) groups is 1. The molecule has 0 aliphatic carbocycles. The number of carbonyl (C=O) groups excluding carboxylic acids is 1. The van der Waals surface area contributed by atoms with E-state index in [1.165, 1.54) is 5.56 Å². The highest BCUT2D eigenvalue weighted by atomic mass is 16.5. The van der Waals surface area contributed by atoms with Crippen LogP contribution in [0.4, 0.5) is 5.69 Å². The van der Waals surface area contributed by atoms with Crippen molar-refractivity contribution in [1.29, 1.82) is 0 Å². The number of hydrogen-bond donors (Lipinski definition) is 1. The normalized spacial score (nSPS) is 10.9. The lowest BCUT2D eigenvalue weighted by Gasteiger charge is -2.12. The Morgan fingerprint density at radius 3 is 2.37 bits per heavy atom. The molecule has 0 radical (unpaired) electrons. The number of aromatic nitrogens is 3. The summed E-state index contributed by atoms with van der Waals surface area (Å²) in [6.07, 6.45) is 0.989. The number of hydrogen-bond acceptors (Lipinski definition) is 4. The molecular formula is C24H24N4O2. The highest BCUT2D eigenvalue weighted by Gasteiger charge is 2.16. The quantitative estimate of drug-likeness (QED) is 0.519. The monoisotopic (exact) mass is 400 g/mol. The number of fused-ring (bicyclic) bond motifs is 1. The van der Waals surface area contributed by atoms with Crippen molar-refractivity contribution in [2.45, 2.75) is 27.2 Å². The molecule has 0 atom stereocenters. The van der Waals surface area contributed by atoms with Crippen LogP contribution in [-0.2, 0) is 6.42 Å². The number of anilines is 1. The second-order valence-electron chi connectivity index (χ2n) is 7.28. The molecule has 6 nitrogen and oxygen atoms in total. The Bertz CT molecular complexity index is 1230. The molecule has 0 aliphatic rings. The fourth-order valence-electron chi connectivity index (χ4n) is 3.47. The molecule has 6 heteroatoms. The Morgan fingerprint density at radius 1 is 1.00 bits per heavy atom. The van der Waals surface area contributed by atoms with Gasteiger partial charge in [-0.3, -0.25) is 4.79 Å². The van der Waals surface area contributed by atoms with E-state index in [1.807, 2.05) is 50.2 Å². The minimum absolute atomic E-state index is 0.222. The van der Waals surface area contributed by atoms with Crippen molar-refractivity contribution < 1.29 is 9.53 Å². The van der Waals surface area contributed by atoms with E-state index in [2.05, 4.69) is 34.6 Å². The zero-order chi connectivity index (χ0) is 21.3. The summed E-state index contributed by atoms with van der Waals surface area (Å²) in [5.41, 5.74) is 6.68. The Kier molecular flexibility index (Phi) is 5.23. The van der Waals surface area contributed by atoms with Crippen LogP contribution in [0.5, 0.6) is 5.75 Å². The fraction of sp³-hybridized carbons (Fsp3) is 0.208. The lowest BCUT2D eigenvalue weighted by molar-refractivity contribution is 0.102. The van der Waals surface area contributed by atoms with Crippen LogP contribution in [0.2, 0.25) is 0 Å². The van der Waals surface area contributed by atoms with Gasteiger partial charge in [0.15, 0.2) is 0 Å². The Balaban J connectivity index is 1.66. The van der Waals surface area contributed by atoms with Gasteiger partial charge in [-0.2, -0.15) is 4.80 Å². The van der Waals surface area contributed by atoms with Crippen molar-refractivity contribution in [2.24, 2.45) is 0 Å². The number of aryl methyl sites for hydroxylation is 3. The Labute approximate surface area is 175 Å². The smallest absolute Gasteiger partial charge is 0.259 e. The first-order chi connectivity index (χ1) is 14.5. The molecule has 0 aliphatic heterocycles. The summed E-state index contributed by atoms with van der Waals surface area (Å²) in [4.78, 5) is 14.5. The van der Waals surface area contributed by atoms with E-state index < -0.39 is 0 Å². The van der Waals surface area contributed by atoms with Gasteiger partial charge in [-0.15, -0.1) is 10.2 Å². The maximum Gasteiger partial charge on any atom is 0.259 e. The van der Waals surface area contributed by atoms with E-state index in [0.29, 0.717) is 22.5 Å². The third-order valence-corrected chi connectivity index (χ3v) is 5.21. The zero-order valence-electron chi connectivity index (χ0n) is 17.6. The molecule has 1 amide bonds. The molecule has 0 saturated heterocycles. The molecule has 0 bridgehead atoms. The minimum atomic E-state index is -0.222. The number of amides is 1. The summed E-state index contributed by atoms with van der Waals surface area (Å²) < 4.78 is 5.42. The number of rotatable bonds is 5. The summed E-state index contributed by atoms with van der Waals surface area (Å²) in [5.74, 6) is 0.357. The van der Waals surface area contributed by atoms with Gasteiger partial charge in [0.05, 0.1) is 18.4 Å². The molecule has 30 heavy (non-hydrogen) atoms. The standard InChI is InChI=1S/C24H24N4O2/c1-5-17-9-11-18(12-10-17)28-26-21-13-16(3)20(14-22(21)27-28)25-24(29)19-8-6-7-15(2)23(19)30-4/h6-14H,5H2,1-4H3,(H,25,29). The molecule has 1 aromatic heterocycles. The van der Waals surface area contributed by atoms with Crippen molar-refractivity contribution in [3.05, 3.63) is 76.9 Å². The summed E-state index contributed by atoms with van der Waals surface area (Å²) in [7, 11) is 1.57. The van der Waals surface area contributed by atoms with Gasteiger partial charge in [0, 0.05) is 5.69 Å². The lowest BCUT2D eigenvalue weighted by Crippen LogP contribution is -2.14. The molecule has 1 N–H and O–H groups in total. The first-order valence-corrected chi connectivity index (χ1v) is 9.92. The number of benzene rings is 3. The Morgan fingerprint density at radius 2 is 1.70 bits per heavy atom. The first kappa shape index (κ1) is 19.6. The minimum Gasteiger partial charge on any atom is -0.496 e. The largest absolute Gasteiger partial charge is 0.496 e. The maximum absolute atomic E-state index is 12.9. The van der Waals surface area contributed by atoms with Crippen molar-refractivity contribution in [3.8, 4) is 11.4 Å². The van der Waals surface area contributed by atoms with Crippen LogP contribution >= 0.6 is 0 Å². The summed E-state index contributed by atoms with van der Waals surface area (Å²) in [5, 5.41) is 12.2. The van der Waals surface area contributed by atoms with Gasteiger partial charge < -0.3 is 10.1 Å². The van der Waals surface area contributed by atoms with Crippen molar-refractivity contribution in [3.63, 3.8) is 0 Å². The molecule has 0 fully saturated rings. The molecule has 0 saturated carbocycles. The van der Waals surface area contributed by atoms with Crippen LogP contribution in [0.1, 0.15) is 34.0 Å². The zero-order valence-corrected chi connectivity index (χ0v) is 17.6. The van der Waals surface area contributed by atoms with Crippen LogP contribution in [-0.4, -0.2) is 28.0 Å². The van der Waals surface area contributed by atoms with Crippen LogP contribution in [0.15, 0.2) is 54.6 Å². The van der Waals surface area contributed by atoms with Gasteiger partial charge in [0.2, 0.25) is 0 Å². The second kappa shape index (κ2) is 7.99. The predicted octanol–water partition coefficient (Wildman–Crippen LogP) is 4.86. The van der Waals surface area contributed by atoms with Crippen molar-refractivity contribution in [1.82, 2.24) is 15.0 Å². The maximum atomic E-state index is 12.9. The summed E-state index contributed by atoms with van der Waals surface area (Å²) in [6.45, 7) is 5.98. The third-order valence-electron chi connectivity index (χ3n) is 5.21. The van der Waals surface area contributed by atoms with E-state index in [9.17, 15) is 4.79 Å². The van der Waals surface area contributed by atoms with Crippen LogP contribution in [0.3, 0.4) is 0 Å². The predicted molar refractivity (Wildman–Crippen MR) is 119 cm³/mol. The van der Waals surface area contributed by atoms with Gasteiger partial charge in [0.25, 0.3) is 5.91 Å². The van der Waals surface area contributed by atoms with Gasteiger partial charge in [-0.1, -0.05) is 31.2 Å². The molecular weight excluding hydrogens is 376 g/mol. The van der Waals surface area contributed by atoms with Gasteiger partial charge in [-0.25, -0.2) is 0 Å². The van der Waals surface area contributed by atoms with E-state index in [1.54, 1.807) is 18.0 Å². The lowest BCUT2D eigenvalue weighted by atomic mass is 10.1. The number of para-hydroxylation sites is 1. The van der Waals surface area contributed by atoms with Gasteiger partial charge >= 0.3 is 0 Å². The average molecular weight is 400 g/mol. The number of nitrogens with zero attached hydrogens (tertiary/aromatic N) is 3.